The van der Waals surface area contributed by atoms with Crippen molar-refractivity contribution in [2.24, 2.45) is 0 Å². The van der Waals surface area contributed by atoms with Crippen molar-refractivity contribution in [1.29, 1.82) is 0 Å². The maximum atomic E-state index is 13.3. The molecule has 0 aliphatic rings. The van der Waals surface area contributed by atoms with Crippen LogP contribution in [0.5, 0.6) is 0 Å². The van der Waals surface area contributed by atoms with E-state index in [0.29, 0.717) is 27.9 Å². The average molecular weight is 662 g/mol. The zero-order valence-electron chi connectivity index (χ0n) is 26.6. The Morgan fingerprint density at radius 1 is 0.708 bits per heavy atom. The van der Waals surface area contributed by atoms with Crippen molar-refractivity contribution in [3.05, 3.63) is 125 Å². The summed E-state index contributed by atoms with van der Waals surface area (Å²) in [6.45, 7) is 4.27. The van der Waals surface area contributed by atoms with Gasteiger partial charge in [0.1, 0.15) is 6.61 Å². The molecule has 0 atom stereocenters. The number of carbonyl (C=O) groups is 4. The van der Waals surface area contributed by atoms with E-state index in [-0.39, 0.29) is 30.8 Å². The molecule has 0 saturated heterocycles. The van der Waals surface area contributed by atoms with Crippen LogP contribution in [0.1, 0.15) is 46.5 Å². The van der Waals surface area contributed by atoms with Crippen LogP contribution >= 0.6 is 0 Å². The van der Waals surface area contributed by atoms with Gasteiger partial charge in [0.2, 0.25) is 5.41 Å². The monoisotopic (exact) mass is 661 g/mol. The molecule has 0 unspecified atom stereocenters. The second-order valence-electron chi connectivity index (χ2n) is 10.8. The molecule has 0 aliphatic carbocycles. The van der Waals surface area contributed by atoms with Crippen LogP contribution < -0.4 is 5.32 Å². The number of esters is 3. The molecule has 0 heterocycles. The van der Waals surface area contributed by atoms with Crippen LogP contribution in [0.15, 0.2) is 97.1 Å². The number of halogens is 3. The quantitative estimate of drug-likeness (QED) is 0.0982. The summed E-state index contributed by atoms with van der Waals surface area (Å²) in [6.07, 6.45) is -4.68. The molecule has 0 saturated carbocycles. The highest BCUT2D eigenvalue weighted by molar-refractivity contribution is 6.09. The molecule has 0 bridgehead atoms. The summed E-state index contributed by atoms with van der Waals surface area (Å²) in [5, 5.41) is 2.80. The van der Waals surface area contributed by atoms with Crippen LogP contribution in [-0.4, -0.2) is 43.6 Å². The third kappa shape index (κ3) is 8.09. The number of hydrogen-bond acceptors (Lipinski definition) is 7. The minimum atomic E-state index is -4.48. The summed E-state index contributed by atoms with van der Waals surface area (Å²) in [5.74, 6) is -3.00. The molecule has 8 nitrogen and oxygen atoms in total. The molecule has 48 heavy (non-hydrogen) atoms. The number of nitrogens with one attached hydrogen (secondary N) is 1. The molecule has 1 N–H and O–H groups in total. The second-order valence-corrected chi connectivity index (χ2v) is 10.8. The van der Waals surface area contributed by atoms with Crippen LogP contribution in [0.2, 0.25) is 0 Å². The van der Waals surface area contributed by atoms with E-state index in [1.54, 1.807) is 93.6 Å². The van der Waals surface area contributed by atoms with Gasteiger partial charge in [-0.25, -0.2) is 0 Å². The summed E-state index contributed by atoms with van der Waals surface area (Å²) in [5.41, 5.74) is 0.233. The van der Waals surface area contributed by atoms with E-state index < -0.39 is 47.6 Å². The molecule has 1 amide bonds. The first-order valence-corrected chi connectivity index (χ1v) is 15.1. The number of benzene rings is 4. The van der Waals surface area contributed by atoms with E-state index in [4.69, 9.17) is 14.2 Å². The Kier molecular flexibility index (Phi) is 11.4. The smallest absolute Gasteiger partial charge is 0.416 e. The minimum absolute atomic E-state index is 0.0104. The fraction of sp³-hybridized carbons (Fsp3) is 0.243. The summed E-state index contributed by atoms with van der Waals surface area (Å²) in [4.78, 5) is 52.7. The van der Waals surface area contributed by atoms with E-state index in [9.17, 15) is 32.3 Å². The second kappa shape index (κ2) is 15.4. The summed E-state index contributed by atoms with van der Waals surface area (Å²) in [7, 11) is 0. The van der Waals surface area contributed by atoms with E-state index in [1.807, 2.05) is 0 Å². The van der Waals surface area contributed by atoms with Gasteiger partial charge in [-0.2, -0.15) is 13.2 Å². The molecule has 0 aliphatic heterocycles. The number of amides is 1. The Hall–Kier alpha value is -5.45. The topological polar surface area (TPSA) is 108 Å². The van der Waals surface area contributed by atoms with Crippen LogP contribution in [0.25, 0.3) is 11.1 Å². The molecular weight excluding hydrogens is 627 g/mol. The lowest BCUT2D eigenvalue weighted by molar-refractivity contribution is -0.170. The largest absolute Gasteiger partial charge is 0.465 e. The standard InChI is InChI=1S/C37H34F3NO7/c1-4-46-34(44)36(35(45)47-5-2,27-11-7-6-8-12-27)23-48-32(42)22-26-17-20-29(21-24(26)3)41-33(43)31-14-10-9-13-30(31)25-15-18-28(19-16-25)37(38,39)40/h6-21H,4-5,22-23H2,1-3H3,(H,41,43). The minimum Gasteiger partial charge on any atom is -0.465 e. The van der Waals surface area contributed by atoms with Crippen LogP contribution in [0.4, 0.5) is 18.9 Å². The molecule has 11 heteroatoms. The third-order valence-electron chi connectivity index (χ3n) is 7.59. The lowest BCUT2D eigenvalue weighted by atomic mass is 9.81. The van der Waals surface area contributed by atoms with E-state index in [2.05, 4.69) is 5.32 Å². The zero-order chi connectivity index (χ0) is 34.9. The number of anilines is 1. The zero-order valence-corrected chi connectivity index (χ0v) is 26.6. The van der Waals surface area contributed by atoms with Crippen LogP contribution in [0, 0.1) is 6.92 Å². The average Bonchev–Trinajstić information content (AvgIpc) is 3.06. The van der Waals surface area contributed by atoms with Gasteiger partial charge in [0.15, 0.2) is 0 Å². The van der Waals surface area contributed by atoms with Gasteiger partial charge in [-0.3, -0.25) is 19.2 Å². The lowest BCUT2D eigenvalue weighted by Crippen LogP contribution is -2.50. The normalized spacial score (nSPS) is 11.4. The molecule has 0 spiro atoms. The molecule has 4 aromatic carbocycles. The SMILES string of the molecule is CCOC(=O)C(COC(=O)Cc1ccc(NC(=O)c2ccccc2-c2ccc(C(F)(F)F)cc2)cc1C)(C(=O)OCC)c1ccccc1. The van der Waals surface area contributed by atoms with Gasteiger partial charge in [-0.15, -0.1) is 0 Å². The molecule has 250 valence electrons. The first kappa shape index (κ1) is 35.4. The Morgan fingerprint density at radius 2 is 1.31 bits per heavy atom. The Morgan fingerprint density at radius 3 is 1.90 bits per heavy atom. The highest BCUT2D eigenvalue weighted by atomic mass is 19.4. The Labute approximate surface area is 275 Å². The van der Waals surface area contributed by atoms with Crippen LogP contribution in [0.3, 0.4) is 0 Å². The molecule has 0 radical (unpaired) electrons. The molecular formula is C37H34F3NO7. The van der Waals surface area contributed by atoms with Gasteiger partial charge in [-0.1, -0.05) is 66.7 Å². The van der Waals surface area contributed by atoms with Crippen molar-refractivity contribution in [3.8, 4) is 11.1 Å². The maximum absolute atomic E-state index is 13.3. The summed E-state index contributed by atoms with van der Waals surface area (Å²) in [6, 6.07) is 24.1. The van der Waals surface area contributed by atoms with Crippen molar-refractivity contribution in [1.82, 2.24) is 0 Å². The highest BCUT2D eigenvalue weighted by Crippen LogP contribution is 2.33. The van der Waals surface area contributed by atoms with Crippen molar-refractivity contribution in [2.45, 2.75) is 38.8 Å². The van der Waals surface area contributed by atoms with Gasteiger partial charge in [0.25, 0.3) is 5.91 Å². The fourth-order valence-corrected chi connectivity index (χ4v) is 5.09. The first-order chi connectivity index (χ1) is 22.9. The van der Waals surface area contributed by atoms with E-state index >= 15 is 0 Å². The number of hydrogen-bond donors (Lipinski definition) is 1. The number of carbonyl (C=O) groups excluding carboxylic acids is 4. The van der Waals surface area contributed by atoms with Crippen molar-refractivity contribution in [2.75, 3.05) is 25.1 Å². The van der Waals surface area contributed by atoms with E-state index in [1.165, 1.54) is 12.1 Å². The van der Waals surface area contributed by atoms with E-state index in [0.717, 1.165) is 12.1 Å². The lowest BCUT2D eigenvalue weighted by Gasteiger charge is -2.29. The molecule has 0 aromatic heterocycles. The number of ether oxygens (including phenoxy) is 3. The van der Waals surface area contributed by atoms with Crippen molar-refractivity contribution < 1.29 is 46.6 Å². The fourth-order valence-electron chi connectivity index (χ4n) is 5.09. The Bertz CT molecular complexity index is 1750. The Balaban J connectivity index is 1.48. The van der Waals surface area contributed by atoms with Gasteiger partial charge < -0.3 is 19.5 Å². The van der Waals surface area contributed by atoms with Gasteiger partial charge in [0.05, 0.1) is 25.2 Å². The van der Waals surface area contributed by atoms with Crippen LogP contribution in [-0.2, 0) is 46.6 Å². The van der Waals surface area contributed by atoms with Crippen molar-refractivity contribution >= 4 is 29.5 Å². The number of rotatable bonds is 12. The summed E-state index contributed by atoms with van der Waals surface area (Å²) >= 11 is 0. The van der Waals surface area contributed by atoms with Gasteiger partial charge in [0, 0.05) is 11.3 Å². The summed E-state index contributed by atoms with van der Waals surface area (Å²) < 4.78 is 55.1. The van der Waals surface area contributed by atoms with Gasteiger partial charge in [-0.05, 0) is 78.9 Å². The molecule has 0 fully saturated rings. The maximum Gasteiger partial charge on any atom is 0.416 e. The number of aryl methyl sites for hydroxylation is 1. The predicted octanol–water partition coefficient (Wildman–Crippen LogP) is 7.08. The molecule has 4 rings (SSSR count). The number of alkyl halides is 3. The van der Waals surface area contributed by atoms with Crippen molar-refractivity contribution in [3.63, 3.8) is 0 Å². The molecule has 4 aromatic rings. The first-order valence-electron chi connectivity index (χ1n) is 15.1. The third-order valence-corrected chi connectivity index (χ3v) is 7.59. The van der Waals surface area contributed by atoms with Gasteiger partial charge >= 0.3 is 24.1 Å². The predicted molar refractivity (Wildman–Crippen MR) is 172 cm³/mol. The highest BCUT2D eigenvalue weighted by Gasteiger charge is 2.52.